The molecule has 0 bridgehead atoms. The number of hydrogen-bond donors (Lipinski definition) is 4. The van der Waals surface area contributed by atoms with Gasteiger partial charge in [-0.1, -0.05) is 0 Å². The third-order valence-electron chi connectivity index (χ3n) is 1.85. The van der Waals surface area contributed by atoms with Crippen LogP contribution in [0, 0.1) is 0 Å². The Labute approximate surface area is 88.7 Å². The summed E-state index contributed by atoms with van der Waals surface area (Å²) in [6.45, 7) is 0.420. The second kappa shape index (κ2) is 6.36. The van der Waals surface area contributed by atoms with Gasteiger partial charge >= 0.3 is 0 Å². The van der Waals surface area contributed by atoms with Crippen LogP contribution < -0.4 is 0 Å². The zero-order valence-corrected chi connectivity index (χ0v) is 9.26. The molecule has 0 saturated heterocycles. The normalized spacial score (nSPS) is 16.7. The van der Waals surface area contributed by atoms with Crippen molar-refractivity contribution < 1.29 is 28.3 Å². The number of aliphatic hydroxyl groups is 3. The summed E-state index contributed by atoms with van der Waals surface area (Å²) >= 11 is 0. The van der Waals surface area contributed by atoms with Gasteiger partial charge in [0.25, 0.3) is 10.1 Å². The molecule has 0 radical (unpaired) electrons. The molecule has 2 atom stereocenters. The monoisotopic (exact) mass is 243 g/mol. The highest BCUT2D eigenvalue weighted by atomic mass is 32.2. The van der Waals surface area contributed by atoms with Gasteiger partial charge in [-0.15, -0.1) is 0 Å². The van der Waals surface area contributed by atoms with Crippen molar-refractivity contribution in [1.29, 1.82) is 0 Å². The Hall–Kier alpha value is -0.250. The molecule has 8 heteroatoms. The zero-order chi connectivity index (χ0) is 12.1. The summed E-state index contributed by atoms with van der Waals surface area (Å²) in [5.74, 6) is 0. The van der Waals surface area contributed by atoms with Crippen LogP contribution in [-0.2, 0) is 10.1 Å². The molecule has 0 heterocycles. The maximum absolute atomic E-state index is 11.0. The molecule has 15 heavy (non-hydrogen) atoms. The van der Waals surface area contributed by atoms with Gasteiger partial charge in [0.1, 0.15) is 0 Å². The summed E-state index contributed by atoms with van der Waals surface area (Å²) < 4.78 is 30.8. The van der Waals surface area contributed by atoms with Gasteiger partial charge in [-0.2, -0.15) is 8.42 Å². The largest absolute Gasteiger partial charge is 0.395 e. The van der Waals surface area contributed by atoms with Gasteiger partial charge in [0.2, 0.25) is 0 Å². The van der Waals surface area contributed by atoms with Crippen molar-refractivity contribution in [3.63, 3.8) is 0 Å². The van der Waals surface area contributed by atoms with E-state index in [1.54, 1.807) is 0 Å². The molecule has 0 aliphatic rings. The van der Waals surface area contributed by atoms with Crippen molar-refractivity contribution in [3.05, 3.63) is 0 Å². The van der Waals surface area contributed by atoms with Crippen LogP contribution in [0.3, 0.4) is 0 Å². The molecule has 0 aliphatic carbocycles. The van der Waals surface area contributed by atoms with E-state index in [-0.39, 0.29) is 26.3 Å². The van der Waals surface area contributed by atoms with E-state index >= 15 is 0 Å². The van der Waals surface area contributed by atoms with Crippen molar-refractivity contribution >= 4 is 10.1 Å². The summed E-state index contributed by atoms with van der Waals surface area (Å²) in [5.41, 5.74) is 0. The number of aliphatic hydroxyl groups excluding tert-OH is 3. The average Bonchev–Trinajstić information content (AvgIpc) is 2.01. The topological polar surface area (TPSA) is 118 Å². The minimum atomic E-state index is -4.45. The molecular weight excluding hydrogens is 226 g/mol. The molecule has 4 N–H and O–H groups in total. The minimum Gasteiger partial charge on any atom is -0.395 e. The summed E-state index contributed by atoms with van der Waals surface area (Å²) in [5, 5.41) is 25.1. The molecule has 0 aromatic carbocycles. The van der Waals surface area contributed by atoms with Crippen LogP contribution in [0.4, 0.5) is 0 Å². The lowest BCUT2D eigenvalue weighted by Crippen LogP contribution is -2.49. The van der Waals surface area contributed by atoms with Crippen molar-refractivity contribution in [3.8, 4) is 0 Å². The average molecular weight is 243 g/mol. The van der Waals surface area contributed by atoms with Gasteiger partial charge in [-0.3, -0.25) is 9.45 Å². The molecule has 92 valence electrons. The second-order valence-electron chi connectivity index (χ2n) is 3.13. The lowest BCUT2D eigenvalue weighted by Gasteiger charge is -2.29. The third-order valence-corrected chi connectivity index (χ3v) is 3.15. The van der Waals surface area contributed by atoms with Crippen LogP contribution in [0.5, 0.6) is 0 Å². The Bertz CT molecular complexity index is 259. The highest BCUT2D eigenvalue weighted by molar-refractivity contribution is 7.86. The van der Waals surface area contributed by atoms with E-state index in [9.17, 15) is 13.5 Å². The summed E-state index contributed by atoms with van der Waals surface area (Å²) in [6, 6.07) is 0. The Morgan fingerprint density at radius 2 is 1.60 bits per heavy atom. The van der Waals surface area contributed by atoms with Crippen LogP contribution >= 0.6 is 0 Å². The maximum Gasteiger partial charge on any atom is 0.283 e. The first kappa shape index (κ1) is 14.8. The number of hydrogen-bond acceptors (Lipinski definition) is 6. The van der Waals surface area contributed by atoms with Crippen molar-refractivity contribution in [1.82, 2.24) is 4.90 Å². The van der Waals surface area contributed by atoms with Crippen LogP contribution in [0.25, 0.3) is 0 Å². The molecule has 0 saturated carbocycles. The molecule has 0 fully saturated rings. The smallest absolute Gasteiger partial charge is 0.283 e. The lowest BCUT2D eigenvalue weighted by molar-refractivity contribution is 0.0727. The quantitative estimate of drug-likeness (QED) is 0.377. The fourth-order valence-electron chi connectivity index (χ4n) is 1.37. The molecule has 2 unspecified atom stereocenters. The van der Waals surface area contributed by atoms with E-state index in [1.807, 2.05) is 0 Å². The first-order valence-corrected chi connectivity index (χ1v) is 5.95. The van der Waals surface area contributed by atoms with Crippen LogP contribution in [0.15, 0.2) is 0 Å². The van der Waals surface area contributed by atoms with Gasteiger partial charge in [0.05, 0.1) is 19.3 Å². The van der Waals surface area contributed by atoms with Crippen LogP contribution in [-0.4, -0.2) is 71.0 Å². The van der Waals surface area contributed by atoms with Gasteiger partial charge in [0, 0.05) is 13.1 Å². The molecule has 0 aliphatic heterocycles. The summed E-state index contributed by atoms with van der Waals surface area (Å²) in [6.07, 6.45) is -1.32. The fourth-order valence-corrected chi connectivity index (χ4v) is 2.45. The van der Waals surface area contributed by atoms with E-state index in [0.717, 1.165) is 4.90 Å². The van der Waals surface area contributed by atoms with Gasteiger partial charge in [-0.05, 0) is 6.92 Å². The highest BCUT2D eigenvalue weighted by Crippen LogP contribution is 2.10. The lowest BCUT2D eigenvalue weighted by atomic mass is 10.3. The maximum atomic E-state index is 11.0. The van der Waals surface area contributed by atoms with E-state index in [4.69, 9.17) is 14.8 Å². The molecule has 7 nitrogen and oxygen atoms in total. The van der Waals surface area contributed by atoms with Crippen molar-refractivity contribution in [2.24, 2.45) is 0 Å². The van der Waals surface area contributed by atoms with E-state index in [1.165, 1.54) is 6.92 Å². The molecule has 0 aromatic rings. The Morgan fingerprint density at radius 3 is 1.80 bits per heavy atom. The van der Waals surface area contributed by atoms with Crippen LogP contribution in [0.1, 0.15) is 6.92 Å². The van der Waals surface area contributed by atoms with E-state index in [0.29, 0.717) is 0 Å². The zero-order valence-electron chi connectivity index (χ0n) is 8.44. The van der Waals surface area contributed by atoms with Crippen LogP contribution in [0.2, 0.25) is 0 Å². The van der Waals surface area contributed by atoms with E-state index < -0.39 is 21.6 Å². The fraction of sp³-hybridized carbons (Fsp3) is 1.00. The Balaban J connectivity index is 4.84. The van der Waals surface area contributed by atoms with E-state index in [2.05, 4.69) is 0 Å². The third kappa shape index (κ3) is 4.87. The number of rotatable bonds is 7. The second-order valence-corrected chi connectivity index (χ2v) is 4.64. The predicted octanol–water partition coefficient (Wildman–Crippen LogP) is -2.13. The standard InChI is InChI=1S/C7H17NO6S/c1-6(11)7(15(12,13)14)8(2-4-9)3-5-10/h6-7,9-11H,2-5H2,1H3,(H,12,13,14). The molecule has 0 spiro atoms. The SMILES string of the molecule is CC(O)C(N(CCO)CCO)S(=O)(=O)O. The van der Waals surface area contributed by atoms with Gasteiger partial charge in [0.15, 0.2) is 5.37 Å². The van der Waals surface area contributed by atoms with Crippen molar-refractivity contribution in [2.45, 2.75) is 18.4 Å². The summed E-state index contributed by atoms with van der Waals surface area (Å²) in [4.78, 5) is 1.10. The van der Waals surface area contributed by atoms with Crippen molar-refractivity contribution in [2.75, 3.05) is 26.3 Å². The molecule has 0 aromatic heterocycles. The highest BCUT2D eigenvalue weighted by Gasteiger charge is 2.33. The first-order valence-electron chi connectivity index (χ1n) is 4.44. The predicted molar refractivity (Wildman–Crippen MR) is 52.8 cm³/mol. The first-order chi connectivity index (χ1) is 6.84. The molecular formula is C7H17NO6S. The number of nitrogens with zero attached hydrogens (tertiary/aromatic N) is 1. The van der Waals surface area contributed by atoms with Gasteiger partial charge < -0.3 is 15.3 Å². The van der Waals surface area contributed by atoms with Gasteiger partial charge in [-0.25, -0.2) is 0 Å². The molecule has 0 amide bonds. The molecule has 0 rings (SSSR count). The summed E-state index contributed by atoms with van der Waals surface area (Å²) in [7, 11) is -4.45. The Kier molecular flexibility index (Phi) is 6.25. The Morgan fingerprint density at radius 1 is 1.20 bits per heavy atom. The minimum absolute atomic E-state index is 0.0596.